The van der Waals surface area contributed by atoms with E-state index in [0.717, 1.165) is 38.2 Å². The maximum Gasteiger partial charge on any atom is 0.103 e. The third-order valence-corrected chi connectivity index (χ3v) is 3.90. The molecule has 2 rings (SSSR count). The zero-order valence-corrected chi connectivity index (χ0v) is 11.4. The smallest absolute Gasteiger partial charge is 0.103 e. The van der Waals surface area contributed by atoms with E-state index in [9.17, 15) is 5.11 Å². The summed E-state index contributed by atoms with van der Waals surface area (Å²) in [5, 5.41) is 13.8. The van der Waals surface area contributed by atoms with Crippen LogP contribution >= 0.6 is 0 Å². The number of rotatable bonds is 5. The lowest BCUT2D eigenvalue weighted by atomic mass is 9.92. The number of hydrogen-bond donors (Lipinski definition) is 2. The molecule has 1 aromatic rings. The van der Waals surface area contributed by atoms with Gasteiger partial charge in [0.1, 0.15) is 5.60 Å². The maximum atomic E-state index is 10.6. The molecular formula is C15H24N2O. The number of β-amino-alcohol motifs (C(OH)–C–C–N with tert-alkyl or cyclic N) is 1. The summed E-state index contributed by atoms with van der Waals surface area (Å²) in [5.74, 6) is 0. The fourth-order valence-electron chi connectivity index (χ4n) is 2.59. The lowest BCUT2D eigenvalue weighted by Crippen LogP contribution is -2.28. The average Bonchev–Trinajstić information content (AvgIpc) is 2.85. The molecule has 100 valence electrons. The Labute approximate surface area is 110 Å². The first-order chi connectivity index (χ1) is 8.68. The molecule has 0 spiro atoms. The molecule has 1 aliphatic heterocycles. The number of benzene rings is 1. The normalized spacial score (nSPS) is 23.8. The second kappa shape index (κ2) is 5.83. The van der Waals surface area contributed by atoms with Crippen LogP contribution in [0, 0.1) is 0 Å². The molecule has 1 heterocycles. The van der Waals surface area contributed by atoms with E-state index < -0.39 is 5.60 Å². The van der Waals surface area contributed by atoms with Crippen molar-refractivity contribution in [3.63, 3.8) is 0 Å². The molecule has 1 aliphatic rings. The molecule has 1 aromatic carbocycles. The summed E-state index contributed by atoms with van der Waals surface area (Å²) in [4.78, 5) is 2.38. The molecule has 0 amide bonds. The summed E-state index contributed by atoms with van der Waals surface area (Å²) in [5.41, 5.74) is 1.67. The van der Waals surface area contributed by atoms with E-state index in [1.54, 1.807) is 0 Å². The largest absolute Gasteiger partial charge is 0.384 e. The SMILES string of the molecule is CCN(CC)Cc1cccc(C2(O)CCNC2)c1. The Hall–Kier alpha value is -0.900. The molecule has 3 heteroatoms. The van der Waals surface area contributed by atoms with Crippen LogP contribution < -0.4 is 5.32 Å². The van der Waals surface area contributed by atoms with Gasteiger partial charge in [-0.1, -0.05) is 38.1 Å². The van der Waals surface area contributed by atoms with Crippen LogP contribution in [0.1, 0.15) is 31.4 Å². The fourth-order valence-corrected chi connectivity index (χ4v) is 2.59. The lowest BCUT2D eigenvalue weighted by molar-refractivity contribution is 0.0586. The Morgan fingerprint density at radius 1 is 1.33 bits per heavy atom. The molecule has 2 N–H and O–H groups in total. The van der Waals surface area contributed by atoms with Gasteiger partial charge in [-0.15, -0.1) is 0 Å². The van der Waals surface area contributed by atoms with Crippen LogP contribution in [0.3, 0.4) is 0 Å². The van der Waals surface area contributed by atoms with Crippen LogP contribution in [0.25, 0.3) is 0 Å². The Kier molecular flexibility index (Phi) is 4.38. The van der Waals surface area contributed by atoms with Crippen LogP contribution in [0.5, 0.6) is 0 Å². The van der Waals surface area contributed by atoms with Crippen molar-refractivity contribution < 1.29 is 5.11 Å². The van der Waals surface area contributed by atoms with Crippen molar-refractivity contribution in [2.75, 3.05) is 26.2 Å². The lowest BCUT2D eigenvalue weighted by Gasteiger charge is -2.24. The third-order valence-electron chi connectivity index (χ3n) is 3.90. The molecule has 0 aliphatic carbocycles. The van der Waals surface area contributed by atoms with Crippen molar-refractivity contribution in [1.82, 2.24) is 10.2 Å². The highest BCUT2D eigenvalue weighted by molar-refractivity contribution is 5.29. The van der Waals surface area contributed by atoms with Gasteiger partial charge in [0.25, 0.3) is 0 Å². The van der Waals surface area contributed by atoms with Crippen molar-refractivity contribution in [3.05, 3.63) is 35.4 Å². The zero-order chi connectivity index (χ0) is 13.0. The van der Waals surface area contributed by atoms with E-state index in [2.05, 4.69) is 42.3 Å². The zero-order valence-electron chi connectivity index (χ0n) is 11.4. The number of aliphatic hydroxyl groups is 1. The maximum absolute atomic E-state index is 10.6. The van der Waals surface area contributed by atoms with Gasteiger partial charge in [-0.3, -0.25) is 4.90 Å². The van der Waals surface area contributed by atoms with E-state index in [1.165, 1.54) is 5.56 Å². The van der Waals surface area contributed by atoms with Crippen molar-refractivity contribution in [2.45, 2.75) is 32.4 Å². The minimum atomic E-state index is -0.667. The van der Waals surface area contributed by atoms with E-state index in [4.69, 9.17) is 0 Å². The molecule has 1 unspecified atom stereocenters. The summed E-state index contributed by atoms with van der Waals surface area (Å²) < 4.78 is 0. The highest BCUT2D eigenvalue weighted by Crippen LogP contribution is 2.28. The quantitative estimate of drug-likeness (QED) is 0.832. The topological polar surface area (TPSA) is 35.5 Å². The number of nitrogens with one attached hydrogen (secondary N) is 1. The average molecular weight is 248 g/mol. The van der Waals surface area contributed by atoms with Crippen molar-refractivity contribution in [1.29, 1.82) is 0 Å². The number of nitrogens with zero attached hydrogens (tertiary/aromatic N) is 1. The predicted molar refractivity (Wildman–Crippen MR) is 74.5 cm³/mol. The van der Waals surface area contributed by atoms with Gasteiger partial charge in [-0.25, -0.2) is 0 Å². The summed E-state index contributed by atoms with van der Waals surface area (Å²) in [6.07, 6.45) is 0.807. The van der Waals surface area contributed by atoms with Crippen molar-refractivity contribution >= 4 is 0 Å². The minimum Gasteiger partial charge on any atom is -0.384 e. The second-order valence-electron chi connectivity index (χ2n) is 5.12. The van der Waals surface area contributed by atoms with Crippen molar-refractivity contribution in [3.8, 4) is 0 Å². The Morgan fingerprint density at radius 3 is 2.72 bits per heavy atom. The van der Waals surface area contributed by atoms with Crippen LogP contribution in [0.4, 0.5) is 0 Å². The highest BCUT2D eigenvalue weighted by Gasteiger charge is 2.32. The molecule has 0 aromatic heterocycles. The third kappa shape index (κ3) is 2.91. The predicted octanol–water partition coefficient (Wildman–Crippen LogP) is 1.71. The first kappa shape index (κ1) is 13.5. The van der Waals surface area contributed by atoms with Crippen LogP contribution in [-0.4, -0.2) is 36.2 Å². The van der Waals surface area contributed by atoms with Gasteiger partial charge < -0.3 is 10.4 Å². The Balaban J connectivity index is 2.14. The standard InChI is InChI=1S/C15H24N2O/c1-3-17(4-2)11-13-6-5-7-14(10-13)15(18)8-9-16-12-15/h5-7,10,16,18H,3-4,8-9,11-12H2,1-2H3. The summed E-state index contributed by atoms with van der Waals surface area (Å²) in [6, 6.07) is 8.40. The van der Waals surface area contributed by atoms with Gasteiger partial charge >= 0.3 is 0 Å². The van der Waals surface area contributed by atoms with Gasteiger partial charge in [0, 0.05) is 13.1 Å². The van der Waals surface area contributed by atoms with Gasteiger partial charge in [-0.05, 0) is 37.2 Å². The molecular weight excluding hydrogens is 224 g/mol. The molecule has 1 fully saturated rings. The van der Waals surface area contributed by atoms with E-state index in [-0.39, 0.29) is 0 Å². The van der Waals surface area contributed by atoms with Crippen LogP contribution in [-0.2, 0) is 12.1 Å². The molecule has 3 nitrogen and oxygen atoms in total. The van der Waals surface area contributed by atoms with Crippen LogP contribution in [0.2, 0.25) is 0 Å². The molecule has 0 bridgehead atoms. The highest BCUT2D eigenvalue weighted by atomic mass is 16.3. The molecule has 18 heavy (non-hydrogen) atoms. The first-order valence-electron chi connectivity index (χ1n) is 6.93. The fraction of sp³-hybridized carbons (Fsp3) is 0.600. The Morgan fingerprint density at radius 2 is 2.11 bits per heavy atom. The van der Waals surface area contributed by atoms with Gasteiger partial charge in [0.05, 0.1) is 0 Å². The van der Waals surface area contributed by atoms with Crippen LogP contribution in [0.15, 0.2) is 24.3 Å². The van der Waals surface area contributed by atoms with Gasteiger partial charge in [0.2, 0.25) is 0 Å². The molecule has 0 radical (unpaired) electrons. The van der Waals surface area contributed by atoms with Gasteiger partial charge in [-0.2, -0.15) is 0 Å². The van der Waals surface area contributed by atoms with E-state index in [1.807, 2.05) is 6.07 Å². The van der Waals surface area contributed by atoms with E-state index in [0.29, 0.717) is 6.54 Å². The molecule has 1 atom stereocenters. The minimum absolute atomic E-state index is 0.667. The molecule has 0 saturated carbocycles. The second-order valence-corrected chi connectivity index (χ2v) is 5.12. The van der Waals surface area contributed by atoms with E-state index >= 15 is 0 Å². The first-order valence-corrected chi connectivity index (χ1v) is 6.93. The Bertz CT molecular complexity index is 382. The summed E-state index contributed by atoms with van der Waals surface area (Å²) in [7, 11) is 0. The monoisotopic (exact) mass is 248 g/mol. The summed E-state index contributed by atoms with van der Waals surface area (Å²) >= 11 is 0. The van der Waals surface area contributed by atoms with Crippen molar-refractivity contribution in [2.24, 2.45) is 0 Å². The molecule has 1 saturated heterocycles. The summed E-state index contributed by atoms with van der Waals surface area (Å²) in [6.45, 7) is 9.02. The van der Waals surface area contributed by atoms with Gasteiger partial charge in [0.15, 0.2) is 0 Å². The number of hydrogen-bond acceptors (Lipinski definition) is 3.